The molecule has 0 aliphatic rings. The second-order valence-corrected chi connectivity index (χ2v) is 6.00. The van der Waals surface area contributed by atoms with Gasteiger partial charge in [0.25, 0.3) is 0 Å². The van der Waals surface area contributed by atoms with Crippen LogP contribution in [0, 0.1) is 11.3 Å². The summed E-state index contributed by atoms with van der Waals surface area (Å²) < 4.78 is 25.7. The van der Waals surface area contributed by atoms with E-state index in [0.717, 1.165) is 0 Å². The number of amides is 1. The number of rotatable bonds is 7. The van der Waals surface area contributed by atoms with E-state index in [4.69, 9.17) is 16.1 Å². The number of hydrogen-bond acceptors (Lipinski definition) is 5. The third-order valence-corrected chi connectivity index (χ3v) is 3.79. The highest BCUT2D eigenvalue weighted by Gasteiger charge is 2.25. The van der Waals surface area contributed by atoms with E-state index in [0.29, 0.717) is 5.56 Å². The second kappa shape index (κ2) is 6.83. The Labute approximate surface area is 121 Å². The van der Waals surface area contributed by atoms with Crippen LogP contribution >= 0.6 is 0 Å². The highest BCUT2D eigenvalue weighted by molar-refractivity contribution is 7.88. The number of aliphatic carboxylic acids is 1. The first-order valence-electron chi connectivity index (χ1n) is 5.73. The summed E-state index contributed by atoms with van der Waals surface area (Å²) in [6.07, 6.45) is -0.646. The first-order valence-corrected chi connectivity index (χ1v) is 7.39. The Morgan fingerprint density at radius 1 is 1.43 bits per heavy atom. The van der Waals surface area contributed by atoms with Crippen LogP contribution in [-0.4, -0.2) is 31.4 Å². The van der Waals surface area contributed by atoms with Crippen LogP contribution in [0.5, 0.6) is 0 Å². The molecule has 0 aliphatic carbocycles. The van der Waals surface area contributed by atoms with Crippen LogP contribution < -0.4 is 10.5 Å². The number of carboxylic acid groups (broad SMARTS) is 1. The summed E-state index contributed by atoms with van der Waals surface area (Å²) in [5.74, 6) is -2.94. The van der Waals surface area contributed by atoms with E-state index in [1.165, 1.54) is 24.3 Å². The standard InChI is InChI=1S/C12H13N3O5S/c13-6-8-2-1-3-9(4-8)7-21(19,20)15-10(12(17)18)5-11(14)16/h1-4,10,15H,5,7H2,(H2,14,16)(H,17,18)/t10-/m1/s1. The molecule has 0 fully saturated rings. The summed E-state index contributed by atoms with van der Waals surface area (Å²) in [5, 5.41) is 17.6. The lowest BCUT2D eigenvalue weighted by Gasteiger charge is -2.13. The molecule has 1 amide bonds. The minimum atomic E-state index is -4.00. The molecule has 0 spiro atoms. The van der Waals surface area contributed by atoms with Gasteiger partial charge in [0.2, 0.25) is 15.9 Å². The van der Waals surface area contributed by atoms with Gasteiger partial charge in [-0.1, -0.05) is 12.1 Å². The predicted octanol–water partition coefficient (Wildman–Crippen LogP) is -0.694. The Bertz CT molecular complexity index is 693. The number of nitriles is 1. The Morgan fingerprint density at radius 3 is 2.62 bits per heavy atom. The van der Waals surface area contributed by atoms with E-state index in [9.17, 15) is 18.0 Å². The van der Waals surface area contributed by atoms with E-state index >= 15 is 0 Å². The van der Waals surface area contributed by atoms with Crippen molar-refractivity contribution in [2.45, 2.75) is 18.2 Å². The topological polar surface area (TPSA) is 150 Å². The number of sulfonamides is 1. The third-order valence-electron chi connectivity index (χ3n) is 2.44. The zero-order valence-corrected chi connectivity index (χ0v) is 11.6. The zero-order chi connectivity index (χ0) is 16.0. The molecule has 0 saturated carbocycles. The fourth-order valence-corrected chi connectivity index (χ4v) is 2.91. The molecular formula is C12H13N3O5S. The lowest BCUT2D eigenvalue weighted by atomic mass is 10.2. The van der Waals surface area contributed by atoms with Crippen LogP contribution in [0.4, 0.5) is 0 Å². The van der Waals surface area contributed by atoms with Crippen molar-refractivity contribution >= 4 is 21.9 Å². The van der Waals surface area contributed by atoms with E-state index < -0.39 is 40.1 Å². The predicted molar refractivity (Wildman–Crippen MR) is 72.2 cm³/mol. The summed E-state index contributed by atoms with van der Waals surface area (Å²) in [6.45, 7) is 0. The quantitative estimate of drug-likeness (QED) is 0.606. The third kappa shape index (κ3) is 5.60. The van der Waals surface area contributed by atoms with Crippen LogP contribution in [0.1, 0.15) is 17.5 Å². The van der Waals surface area contributed by atoms with Gasteiger partial charge < -0.3 is 10.8 Å². The van der Waals surface area contributed by atoms with E-state index in [1.54, 1.807) is 0 Å². The van der Waals surface area contributed by atoms with Crippen molar-refractivity contribution in [1.82, 2.24) is 4.72 Å². The molecule has 1 aromatic carbocycles. The molecule has 0 aromatic heterocycles. The van der Waals surface area contributed by atoms with Gasteiger partial charge in [-0.15, -0.1) is 0 Å². The summed E-state index contributed by atoms with van der Waals surface area (Å²) in [7, 11) is -4.00. The molecule has 0 heterocycles. The molecular weight excluding hydrogens is 298 g/mol. The lowest BCUT2D eigenvalue weighted by molar-refractivity contribution is -0.140. The number of nitrogens with zero attached hydrogens (tertiary/aromatic N) is 1. The van der Waals surface area contributed by atoms with Crippen molar-refractivity contribution in [1.29, 1.82) is 5.26 Å². The molecule has 9 heteroatoms. The highest BCUT2D eigenvalue weighted by Crippen LogP contribution is 2.09. The first-order chi connectivity index (χ1) is 9.73. The normalized spacial score (nSPS) is 12.3. The van der Waals surface area contributed by atoms with Gasteiger partial charge >= 0.3 is 5.97 Å². The molecule has 8 nitrogen and oxygen atoms in total. The van der Waals surface area contributed by atoms with Gasteiger partial charge in [0, 0.05) is 0 Å². The van der Waals surface area contributed by atoms with E-state index in [2.05, 4.69) is 0 Å². The largest absolute Gasteiger partial charge is 0.480 e. The van der Waals surface area contributed by atoms with Crippen LogP contribution in [0.25, 0.3) is 0 Å². The minimum absolute atomic E-state index is 0.287. The molecule has 112 valence electrons. The summed E-state index contributed by atoms with van der Waals surface area (Å²) in [4.78, 5) is 21.6. The number of primary amides is 1. The fourth-order valence-electron chi connectivity index (χ4n) is 1.59. The lowest BCUT2D eigenvalue weighted by Crippen LogP contribution is -2.43. The average molecular weight is 311 g/mol. The smallest absolute Gasteiger partial charge is 0.322 e. The number of hydrogen-bond donors (Lipinski definition) is 3. The number of nitrogens with one attached hydrogen (secondary N) is 1. The van der Waals surface area contributed by atoms with Crippen molar-refractivity contribution in [3.8, 4) is 6.07 Å². The Kier molecular flexibility index (Phi) is 5.40. The van der Waals surface area contributed by atoms with E-state index in [-0.39, 0.29) is 5.56 Å². The second-order valence-electron chi connectivity index (χ2n) is 4.25. The summed E-state index contributed by atoms with van der Waals surface area (Å²) in [6, 6.07) is 6.14. The minimum Gasteiger partial charge on any atom is -0.480 e. The Balaban J connectivity index is 2.87. The zero-order valence-electron chi connectivity index (χ0n) is 10.8. The highest BCUT2D eigenvalue weighted by atomic mass is 32.2. The molecule has 1 atom stereocenters. The molecule has 1 rings (SSSR count). The molecule has 0 saturated heterocycles. The molecule has 0 radical (unpaired) electrons. The van der Waals surface area contributed by atoms with Gasteiger partial charge in [-0.05, 0) is 17.7 Å². The van der Waals surface area contributed by atoms with Crippen LogP contribution in [0.3, 0.4) is 0 Å². The monoisotopic (exact) mass is 311 g/mol. The molecule has 0 unspecified atom stereocenters. The molecule has 0 aliphatic heterocycles. The SMILES string of the molecule is N#Cc1cccc(CS(=O)(=O)N[C@H](CC(N)=O)C(=O)O)c1. The maximum atomic E-state index is 11.9. The van der Waals surface area contributed by atoms with Crippen LogP contribution in [0.2, 0.25) is 0 Å². The van der Waals surface area contributed by atoms with E-state index in [1.807, 2.05) is 10.8 Å². The molecule has 21 heavy (non-hydrogen) atoms. The maximum absolute atomic E-state index is 11.9. The maximum Gasteiger partial charge on any atom is 0.322 e. The number of benzene rings is 1. The van der Waals surface area contributed by atoms with Crippen molar-refractivity contribution in [3.05, 3.63) is 35.4 Å². The van der Waals surface area contributed by atoms with Crippen LogP contribution in [-0.2, 0) is 25.4 Å². The van der Waals surface area contributed by atoms with Gasteiger partial charge in [0.1, 0.15) is 6.04 Å². The van der Waals surface area contributed by atoms with Gasteiger partial charge in [-0.2, -0.15) is 5.26 Å². The van der Waals surface area contributed by atoms with Crippen molar-refractivity contribution in [3.63, 3.8) is 0 Å². The van der Waals surface area contributed by atoms with Crippen molar-refractivity contribution < 1.29 is 23.1 Å². The fraction of sp³-hybridized carbons (Fsp3) is 0.250. The van der Waals surface area contributed by atoms with Gasteiger partial charge in [0.05, 0.1) is 23.8 Å². The van der Waals surface area contributed by atoms with Crippen molar-refractivity contribution in [2.75, 3.05) is 0 Å². The summed E-state index contributed by atoms with van der Waals surface area (Å²) >= 11 is 0. The first kappa shape index (κ1) is 16.6. The Hall–Kier alpha value is -2.44. The Morgan fingerprint density at radius 2 is 2.10 bits per heavy atom. The number of carboxylic acids is 1. The molecule has 0 bridgehead atoms. The van der Waals surface area contributed by atoms with Gasteiger partial charge in [-0.25, -0.2) is 13.1 Å². The number of carbonyl (C=O) groups excluding carboxylic acids is 1. The van der Waals surface area contributed by atoms with Crippen molar-refractivity contribution in [2.24, 2.45) is 5.73 Å². The number of nitrogens with two attached hydrogens (primary N) is 1. The van der Waals surface area contributed by atoms with Gasteiger partial charge in [-0.3, -0.25) is 9.59 Å². The molecule has 4 N–H and O–H groups in total. The average Bonchev–Trinajstić information content (AvgIpc) is 2.36. The van der Waals surface area contributed by atoms with Crippen LogP contribution in [0.15, 0.2) is 24.3 Å². The van der Waals surface area contributed by atoms with Gasteiger partial charge in [0.15, 0.2) is 0 Å². The number of carbonyl (C=O) groups is 2. The summed E-state index contributed by atoms with van der Waals surface area (Å²) in [5.41, 5.74) is 5.48. The molecule has 1 aromatic rings.